The van der Waals surface area contributed by atoms with Crippen LogP contribution in [-0.2, 0) is 16.1 Å². The molecule has 18 heavy (non-hydrogen) atoms. The summed E-state index contributed by atoms with van der Waals surface area (Å²) in [5.74, 6) is -0.826. The smallest absolute Gasteiger partial charge is 0.334 e. The number of hydrogen-bond donors (Lipinski definition) is 1. The number of carbonyl (C=O) groups is 1. The molecule has 0 radical (unpaired) electrons. The summed E-state index contributed by atoms with van der Waals surface area (Å²) >= 11 is 0. The molecule has 100 valence electrons. The van der Waals surface area contributed by atoms with E-state index in [0.717, 1.165) is 4.57 Å². The van der Waals surface area contributed by atoms with E-state index >= 15 is 0 Å². The molecule has 8 heteroatoms. The van der Waals surface area contributed by atoms with E-state index in [1.165, 1.54) is 12.4 Å². The van der Waals surface area contributed by atoms with Gasteiger partial charge in [0.05, 0.1) is 13.2 Å². The highest BCUT2D eigenvalue weighted by atomic mass is 19.3. The maximum atomic E-state index is 12.6. The van der Waals surface area contributed by atoms with Crippen molar-refractivity contribution in [2.75, 3.05) is 19.7 Å². The van der Waals surface area contributed by atoms with Crippen LogP contribution in [0.15, 0.2) is 12.4 Å². The number of ether oxygens (including phenoxy) is 1. The predicted molar refractivity (Wildman–Crippen MR) is 56.1 cm³/mol. The molecule has 0 bridgehead atoms. The van der Waals surface area contributed by atoms with E-state index in [4.69, 9.17) is 9.84 Å². The van der Waals surface area contributed by atoms with Gasteiger partial charge in [0.25, 0.3) is 0 Å². The van der Waals surface area contributed by atoms with Gasteiger partial charge in [-0.2, -0.15) is 8.78 Å². The quantitative estimate of drug-likeness (QED) is 0.858. The van der Waals surface area contributed by atoms with Crippen LogP contribution in [0.2, 0.25) is 0 Å². The SMILES string of the molecule is O=C(O)C1CN(Cc2nccn2C(F)F)CCO1. The zero-order valence-electron chi connectivity index (χ0n) is 9.50. The minimum Gasteiger partial charge on any atom is -0.479 e. The van der Waals surface area contributed by atoms with E-state index in [0.29, 0.717) is 6.54 Å². The largest absolute Gasteiger partial charge is 0.479 e. The second kappa shape index (κ2) is 5.40. The number of morpholine rings is 1. The maximum absolute atomic E-state index is 12.6. The number of nitrogens with zero attached hydrogens (tertiary/aromatic N) is 3. The Morgan fingerprint density at radius 3 is 3.11 bits per heavy atom. The number of imidazole rings is 1. The summed E-state index contributed by atoms with van der Waals surface area (Å²) in [5, 5.41) is 8.83. The van der Waals surface area contributed by atoms with Crippen molar-refractivity contribution in [1.82, 2.24) is 14.5 Å². The molecular weight excluding hydrogens is 248 g/mol. The molecule has 1 fully saturated rings. The van der Waals surface area contributed by atoms with Crippen LogP contribution < -0.4 is 0 Å². The number of alkyl halides is 2. The minimum absolute atomic E-state index is 0.172. The lowest BCUT2D eigenvalue weighted by Crippen LogP contribution is -2.45. The summed E-state index contributed by atoms with van der Waals surface area (Å²) < 4.78 is 31.0. The van der Waals surface area contributed by atoms with E-state index in [2.05, 4.69) is 4.98 Å². The first-order valence-electron chi connectivity index (χ1n) is 5.44. The first-order valence-corrected chi connectivity index (χ1v) is 5.44. The molecule has 2 rings (SSSR count). The van der Waals surface area contributed by atoms with E-state index < -0.39 is 18.6 Å². The van der Waals surface area contributed by atoms with Gasteiger partial charge >= 0.3 is 12.5 Å². The van der Waals surface area contributed by atoms with E-state index in [9.17, 15) is 13.6 Å². The molecule has 1 saturated heterocycles. The molecule has 1 aromatic rings. The highest BCUT2D eigenvalue weighted by Gasteiger charge is 2.27. The number of hydrogen-bond acceptors (Lipinski definition) is 4. The van der Waals surface area contributed by atoms with Crippen molar-refractivity contribution in [3.05, 3.63) is 18.2 Å². The molecule has 0 spiro atoms. The summed E-state index contributed by atoms with van der Waals surface area (Å²) in [6.07, 6.45) is 1.60. The minimum atomic E-state index is -2.64. The molecule has 0 saturated carbocycles. The average Bonchev–Trinajstić information content (AvgIpc) is 2.77. The predicted octanol–water partition coefficient (Wildman–Crippen LogP) is 0.564. The Balaban J connectivity index is 2.00. The van der Waals surface area contributed by atoms with Crippen LogP contribution in [0.3, 0.4) is 0 Å². The van der Waals surface area contributed by atoms with Gasteiger partial charge in [0.1, 0.15) is 5.82 Å². The standard InChI is InChI=1S/C10H13F2N3O3/c11-10(12)15-2-1-13-8(15)6-14-3-4-18-7(5-14)9(16)17/h1-2,7,10H,3-6H2,(H,16,17). The molecule has 0 aliphatic carbocycles. The number of halogens is 2. The third kappa shape index (κ3) is 2.82. The zero-order chi connectivity index (χ0) is 13.1. The fourth-order valence-electron chi connectivity index (χ4n) is 1.84. The van der Waals surface area contributed by atoms with Crippen molar-refractivity contribution >= 4 is 5.97 Å². The lowest BCUT2D eigenvalue weighted by Gasteiger charge is -2.30. The molecule has 2 heterocycles. The van der Waals surface area contributed by atoms with Gasteiger partial charge in [0.2, 0.25) is 0 Å². The Morgan fingerprint density at radius 2 is 2.44 bits per heavy atom. The van der Waals surface area contributed by atoms with E-state index in [1.54, 1.807) is 4.90 Å². The molecule has 6 nitrogen and oxygen atoms in total. The molecule has 0 amide bonds. The monoisotopic (exact) mass is 261 g/mol. The first-order chi connectivity index (χ1) is 8.58. The molecule has 1 aliphatic heterocycles. The number of aliphatic carboxylic acids is 1. The maximum Gasteiger partial charge on any atom is 0.334 e. The Morgan fingerprint density at radius 1 is 1.67 bits per heavy atom. The lowest BCUT2D eigenvalue weighted by atomic mass is 10.2. The summed E-state index contributed by atoms with van der Waals surface area (Å²) in [7, 11) is 0. The number of aromatic nitrogens is 2. The van der Waals surface area contributed by atoms with Crippen molar-refractivity contribution in [2.45, 2.75) is 19.2 Å². The number of carboxylic acid groups (broad SMARTS) is 1. The summed E-state index contributed by atoms with van der Waals surface area (Å²) in [4.78, 5) is 16.4. The van der Waals surface area contributed by atoms with Crippen LogP contribution in [0.4, 0.5) is 8.78 Å². The summed E-state index contributed by atoms with van der Waals surface area (Å²) in [6, 6.07) is 0. The van der Waals surface area contributed by atoms with Crippen molar-refractivity contribution in [3.8, 4) is 0 Å². The third-order valence-corrected chi connectivity index (χ3v) is 2.75. The van der Waals surface area contributed by atoms with Crippen LogP contribution in [0, 0.1) is 0 Å². The van der Waals surface area contributed by atoms with Crippen LogP contribution in [0.1, 0.15) is 12.4 Å². The van der Waals surface area contributed by atoms with Crippen molar-refractivity contribution in [3.63, 3.8) is 0 Å². The highest BCUT2D eigenvalue weighted by Crippen LogP contribution is 2.15. The fraction of sp³-hybridized carbons (Fsp3) is 0.600. The first kappa shape index (κ1) is 12.9. The fourth-order valence-corrected chi connectivity index (χ4v) is 1.84. The number of rotatable bonds is 4. The Bertz CT molecular complexity index is 424. The molecule has 1 N–H and O–H groups in total. The van der Waals surface area contributed by atoms with E-state index in [1.807, 2.05) is 0 Å². The normalized spacial score (nSPS) is 21.4. The van der Waals surface area contributed by atoms with Crippen LogP contribution >= 0.6 is 0 Å². The summed E-state index contributed by atoms with van der Waals surface area (Å²) in [6.45, 7) is -1.51. The second-order valence-corrected chi connectivity index (χ2v) is 3.96. The second-order valence-electron chi connectivity index (χ2n) is 3.96. The average molecular weight is 261 g/mol. The van der Waals surface area contributed by atoms with Gasteiger partial charge in [0, 0.05) is 25.5 Å². The molecule has 0 aromatic carbocycles. The Hall–Kier alpha value is -1.54. The Labute approximate surface area is 102 Å². The molecule has 1 atom stereocenters. The van der Waals surface area contributed by atoms with Gasteiger partial charge in [-0.25, -0.2) is 9.78 Å². The summed E-state index contributed by atoms with van der Waals surface area (Å²) in [5.41, 5.74) is 0. The van der Waals surface area contributed by atoms with Gasteiger partial charge in [-0.1, -0.05) is 0 Å². The lowest BCUT2D eigenvalue weighted by molar-refractivity contribution is -0.156. The van der Waals surface area contributed by atoms with Crippen molar-refractivity contribution < 1.29 is 23.4 Å². The van der Waals surface area contributed by atoms with Crippen molar-refractivity contribution in [1.29, 1.82) is 0 Å². The van der Waals surface area contributed by atoms with Gasteiger partial charge in [0.15, 0.2) is 6.10 Å². The van der Waals surface area contributed by atoms with Gasteiger partial charge < -0.3 is 9.84 Å². The number of carboxylic acids is 1. The van der Waals surface area contributed by atoms with Crippen LogP contribution in [0.5, 0.6) is 0 Å². The highest BCUT2D eigenvalue weighted by molar-refractivity contribution is 5.72. The molecule has 1 unspecified atom stereocenters. The third-order valence-electron chi connectivity index (χ3n) is 2.75. The topological polar surface area (TPSA) is 67.6 Å². The van der Waals surface area contributed by atoms with Gasteiger partial charge in [-0.15, -0.1) is 0 Å². The van der Waals surface area contributed by atoms with E-state index in [-0.39, 0.29) is 25.5 Å². The zero-order valence-corrected chi connectivity index (χ0v) is 9.50. The van der Waals surface area contributed by atoms with Crippen molar-refractivity contribution in [2.24, 2.45) is 0 Å². The molecular formula is C10H13F2N3O3. The van der Waals surface area contributed by atoms with Gasteiger partial charge in [-0.3, -0.25) is 9.47 Å². The van der Waals surface area contributed by atoms with Crippen LogP contribution in [0.25, 0.3) is 0 Å². The van der Waals surface area contributed by atoms with Gasteiger partial charge in [-0.05, 0) is 0 Å². The Kier molecular flexibility index (Phi) is 3.87. The molecule has 1 aliphatic rings. The molecule has 1 aromatic heterocycles. The van der Waals surface area contributed by atoms with Crippen LogP contribution in [-0.4, -0.2) is 51.3 Å².